The van der Waals surface area contributed by atoms with Gasteiger partial charge in [-0.15, -0.1) is 71.8 Å². The molecule has 0 radical (unpaired) electrons. The number of nitrogens with zero attached hydrogens (tertiary/aromatic N) is 2. The van der Waals surface area contributed by atoms with Crippen LogP contribution in [-0.4, -0.2) is 30.0 Å². The van der Waals surface area contributed by atoms with Crippen molar-refractivity contribution in [2.45, 2.75) is 29.7 Å². The Morgan fingerprint density at radius 1 is 0.375 bits per heavy atom. The van der Waals surface area contributed by atoms with Gasteiger partial charge >= 0.3 is 35.3 Å². The van der Waals surface area contributed by atoms with Gasteiger partial charge in [0.15, 0.2) is 0 Å². The van der Waals surface area contributed by atoms with Gasteiger partial charge in [0.05, 0.1) is 50.4 Å². The maximum absolute atomic E-state index is 4.88. The zero-order valence-corrected chi connectivity index (χ0v) is 56.4. The number of benzene rings is 8. The zero-order chi connectivity index (χ0) is 54.6. The van der Waals surface area contributed by atoms with Crippen molar-refractivity contribution in [2.75, 3.05) is 20.0 Å². The molecule has 428 valence electrons. The normalized spacial score (nSPS) is 8.80. The summed E-state index contributed by atoms with van der Waals surface area (Å²) in [4.78, 5) is 8.44. The molecule has 15 heteroatoms. The largest absolute Gasteiger partial charge is 0.305 e. The molecule has 0 fully saturated rings. The van der Waals surface area contributed by atoms with E-state index >= 15 is 0 Å². The fraction of sp³-hybridized carbons (Fsp3) is 0.108. The molecule has 10 aromatic rings. The van der Waals surface area contributed by atoms with Crippen LogP contribution in [0.5, 0.6) is 0 Å². The summed E-state index contributed by atoms with van der Waals surface area (Å²) in [5, 5.41) is 8.78. The number of aromatic nitrogens is 2. The van der Waals surface area contributed by atoms with Crippen molar-refractivity contribution in [1.82, 2.24) is 9.97 Å². The summed E-state index contributed by atoms with van der Waals surface area (Å²) in [6.07, 6.45) is 3.58. The number of halogens is 2. The van der Waals surface area contributed by atoms with Gasteiger partial charge in [-0.1, -0.05) is 223 Å². The molecule has 8 aromatic carbocycles. The molecular formula is C65H76Cl2N2P6Pt2S3. The molecule has 0 unspecified atom stereocenters. The van der Waals surface area contributed by atoms with Crippen LogP contribution >= 0.6 is 66.6 Å². The van der Waals surface area contributed by atoms with E-state index in [1.807, 2.05) is 84.9 Å². The van der Waals surface area contributed by atoms with Crippen LogP contribution in [0.1, 0.15) is 29.7 Å². The average molecular weight is 1630 g/mol. The van der Waals surface area contributed by atoms with Crippen molar-refractivity contribution >= 4 is 134 Å². The summed E-state index contributed by atoms with van der Waals surface area (Å²) in [7, 11) is 16.2. The minimum atomic E-state index is -0.545. The second-order valence-electron chi connectivity index (χ2n) is 15.0. The molecule has 0 saturated carbocycles. The Labute approximate surface area is 539 Å². The van der Waals surface area contributed by atoms with Crippen LogP contribution in [0.15, 0.2) is 279 Å². The fourth-order valence-corrected chi connectivity index (χ4v) is 11.7. The Morgan fingerprint density at radius 3 is 0.812 bits per heavy atom. The van der Waals surface area contributed by atoms with E-state index in [-0.39, 0.29) is 58.7 Å². The first-order valence-electron chi connectivity index (χ1n) is 22.9. The molecule has 0 amide bonds. The van der Waals surface area contributed by atoms with Gasteiger partial charge in [0.25, 0.3) is 0 Å². The molecule has 0 aliphatic heterocycles. The van der Waals surface area contributed by atoms with E-state index in [0.717, 1.165) is 22.5 Å². The van der Waals surface area contributed by atoms with Crippen molar-refractivity contribution in [3.63, 3.8) is 0 Å². The first kappa shape index (κ1) is 83.3. The van der Waals surface area contributed by atoms with Gasteiger partial charge in [0.1, 0.15) is 0 Å². The quantitative estimate of drug-likeness (QED) is 0.112. The van der Waals surface area contributed by atoms with Crippen molar-refractivity contribution < 1.29 is 37.5 Å². The summed E-state index contributed by atoms with van der Waals surface area (Å²) in [5.74, 6) is 0. The van der Waals surface area contributed by atoms with Gasteiger partial charge in [-0.05, 0) is 121 Å². The number of hydrogen-bond acceptors (Lipinski definition) is 5. The standard InChI is InChI=1S/3C13H13P.2C11H8N.4CH4.2ClH.3HPS.2Pt/c3*1-14(12-8-4-2-5-9-12)13-10-6-3-7-11-13;2*1-2-6-10(7-3-1)11-8-4-5-9-12-11;;;;;;;3*1-2;;/h3*2-11H,1H3;2*1-6,8-9H;4*1H4;2*1H;3*1H;;/q;;;2*-1;;;;;;;;;;;+2. The summed E-state index contributed by atoms with van der Waals surface area (Å²) < 4.78 is 0. The average Bonchev–Trinajstić information content (AvgIpc) is 3.53. The molecule has 0 atom stereocenters. The predicted molar refractivity (Wildman–Crippen MR) is 380 cm³/mol. The Kier molecular flexibility index (Phi) is 58.7. The van der Waals surface area contributed by atoms with Crippen LogP contribution in [-0.2, 0) is 73.0 Å². The van der Waals surface area contributed by atoms with E-state index in [4.69, 9.17) is 18.8 Å². The van der Waals surface area contributed by atoms with Gasteiger partial charge < -0.3 is 9.97 Å². The molecule has 80 heavy (non-hydrogen) atoms. The van der Waals surface area contributed by atoms with Crippen LogP contribution in [0.4, 0.5) is 0 Å². The van der Waals surface area contributed by atoms with E-state index in [0.29, 0.717) is 0 Å². The monoisotopic (exact) mass is 1630 g/mol. The van der Waals surface area contributed by atoms with Crippen LogP contribution < -0.4 is 31.8 Å². The van der Waals surface area contributed by atoms with Crippen molar-refractivity contribution in [2.24, 2.45) is 0 Å². The van der Waals surface area contributed by atoms with E-state index < -0.39 is 32.3 Å². The Morgan fingerprint density at radius 2 is 0.600 bits per heavy atom. The molecule has 0 bridgehead atoms. The number of rotatable bonds is 8. The molecule has 2 heterocycles. The third kappa shape index (κ3) is 34.5. The van der Waals surface area contributed by atoms with E-state index in [9.17, 15) is 0 Å². The molecule has 0 N–H and O–H groups in total. The minimum Gasteiger partial charge on any atom is -0.305 e. The molecule has 0 spiro atoms. The predicted octanol–water partition coefficient (Wildman–Crippen LogP) is 18.5. The summed E-state index contributed by atoms with van der Waals surface area (Å²) >= 11 is 11.2. The fourth-order valence-electron chi connectivity index (χ4n) is 6.69. The van der Waals surface area contributed by atoms with Crippen molar-refractivity contribution in [3.05, 3.63) is 291 Å². The molecule has 0 aliphatic rings. The maximum atomic E-state index is 4.88. The third-order valence-electron chi connectivity index (χ3n) is 10.4. The van der Waals surface area contributed by atoms with Crippen molar-refractivity contribution in [3.8, 4) is 22.5 Å². The maximum Gasteiger partial charge on any atom is 0.0160 e. The van der Waals surface area contributed by atoms with Crippen LogP contribution in [0.25, 0.3) is 22.5 Å². The SMILES string of the molecule is C.C.C.C.CP(c1ccccc1)c1ccccc1.C[PH+](c1ccccc1)c1ccccc1.C[PH+](c1ccccc1)c1ccccc1.P=S.P=S.P=S.[Cl][Pt][Cl].[Pt].[c-]1ccccc1-c1ccccn1.[c-]1ccccc1-c1ccccn1. The molecule has 0 saturated heterocycles. The van der Waals surface area contributed by atoms with Crippen LogP contribution in [0.2, 0.25) is 0 Å². The van der Waals surface area contributed by atoms with Crippen LogP contribution in [0, 0.1) is 12.1 Å². The van der Waals surface area contributed by atoms with Crippen LogP contribution in [0.3, 0.4) is 0 Å². The molecule has 10 rings (SSSR count). The molecule has 2 aromatic heterocycles. The van der Waals surface area contributed by atoms with Gasteiger partial charge in [-0.25, -0.2) is 0 Å². The van der Waals surface area contributed by atoms with E-state index in [1.165, 1.54) is 31.8 Å². The van der Waals surface area contributed by atoms with E-state index in [1.54, 1.807) is 12.4 Å². The first-order chi connectivity index (χ1) is 37.0. The Bertz CT molecular complexity index is 2400. The summed E-state index contributed by atoms with van der Waals surface area (Å²) in [6, 6.07) is 98.1. The Hall–Kier alpha value is -3.13. The number of pyridine rings is 2. The molecule has 2 nitrogen and oxygen atoms in total. The molecule has 0 aliphatic carbocycles. The van der Waals surface area contributed by atoms with E-state index in [2.05, 4.69) is 284 Å². The minimum absolute atomic E-state index is 0. The second-order valence-corrected chi connectivity index (χ2v) is 25.2. The number of hydrogen-bond donors (Lipinski definition) is 0. The summed E-state index contributed by atoms with van der Waals surface area (Å²) in [5.41, 5.74) is 4.02. The topological polar surface area (TPSA) is 25.8 Å². The summed E-state index contributed by atoms with van der Waals surface area (Å²) in [6.45, 7) is 6.99. The van der Waals surface area contributed by atoms with Gasteiger partial charge in [0.2, 0.25) is 0 Å². The van der Waals surface area contributed by atoms with Gasteiger partial charge in [-0.3, -0.25) is 0 Å². The molecular weight excluding hydrogens is 1550 g/mol. The van der Waals surface area contributed by atoms with Crippen molar-refractivity contribution in [1.29, 1.82) is 0 Å². The Balaban J connectivity index is -0.000000429. The van der Waals surface area contributed by atoms with Gasteiger partial charge in [-0.2, -0.15) is 0 Å². The van der Waals surface area contributed by atoms with Gasteiger partial charge in [0, 0.05) is 33.5 Å². The second kappa shape index (κ2) is 56.4. The first-order valence-corrected chi connectivity index (χ1v) is 39.2. The third-order valence-corrected chi connectivity index (χ3v) is 17.4. The zero-order valence-electron chi connectivity index (χ0n) is 42.0. The smallest absolute Gasteiger partial charge is 0.0160 e.